The van der Waals surface area contributed by atoms with Crippen LogP contribution in [0.2, 0.25) is 0 Å². The predicted molar refractivity (Wildman–Crippen MR) is 101 cm³/mol. The summed E-state index contributed by atoms with van der Waals surface area (Å²) in [6.45, 7) is 3.41. The average Bonchev–Trinajstić information content (AvgIpc) is 3.24. The van der Waals surface area contributed by atoms with Crippen LogP contribution in [0.3, 0.4) is 0 Å². The lowest BCUT2D eigenvalue weighted by Crippen LogP contribution is -2.52. The van der Waals surface area contributed by atoms with E-state index >= 15 is 0 Å². The number of nitrogens with zero attached hydrogens (tertiary/aromatic N) is 1. The largest absolute Gasteiger partial charge is 0.449 e. The minimum atomic E-state index is -3.59. The summed E-state index contributed by atoms with van der Waals surface area (Å²) in [5.74, 6) is 0.570. The first-order valence-electron chi connectivity index (χ1n) is 8.20. The van der Waals surface area contributed by atoms with Crippen LogP contribution in [0.25, 0.3) is 11.3 Å². The number of aromatic nitrogens is 1. The molecule has 26 heavy (non-hydrogen) atoms. The second-order valence-corrected chi connectivity index (χ2v) is 8.11. The molecule has 9 heteroatoms. The summed E-state index contributed by atoms with van der Waals surface area (Å²) in [6, 6.07) is 6.61. The van der Waals surface area contributed by atoms with Gasteiger partial charge in [0.1, 0.15) is 12.0 Å². The molecule has 1 aliphatic rings. The highest BCUT2D eigenvalue weighted by atomic mass is 35.5. The van der Waals surface area contributed by atoms with Gasteiger partial charge in [0.2, 0.25) is 10.0 Å². The third-order valence-corrected chi connectivity index (χ3v) is 5.85. The number of aryl methyl sites for hydroxylation is 1. The number of nitrogens with one attached hydrogen (secondary N) is 2. The molecule has 1 atom stereocenters. The molecule has 1 aromatic carbocycles. The summed E-state index contributed by atoms with van der Waals surface area (Å²) in [5.41, 5.74) is 1.16. The molecular formula is C17H24ClN3O4S. The molecule has 1 saturated heterocycles. The molecule has 0 aliphatic carbocycles. The van der Waals surface area contributed by atoms with E-state index in [1.807, 2.05) is 0 Å². The van der Waals surface area contributed by atoms with Crippen molar-refractivity contribution in [3.05, 3.63) is 36.4 Å². The van der Waals surface area contributed by atoms with Crippen molar-refractivity contribution in [2.24, 2.45) is 0 Å². The molecule has 7 nitrogen and oxygen atoms in total. The maximum absolute atomic E-state index is 12.6. The normalized spacial score (nSPS) is 20.1. The number of methoxy groups -OCH3 is 1. The van der Waals surface area contributed by atoms with Crippen LogP contribution in [0.15, 0.2) is 39.8 Å². The van der Waals surface area contributed by atoms with Gasteiger partial charge in [-0.15, -0.1) is 12.4 Å². The molecule has 1 aromatic heterocycles. The molecule has 0 saturated carbocycles. The molecule has 1 fully saturated rings. The van der Waals surface area contributed by atoms with Crippen molar-refractivity contribution in [1.82, 2.24) is 15.0 Å². The highest BCUT2D eigenvalue weighted by Gasteiger charge is 2.34. The number of ether oxygens (including phenoxy) is 1. The quantitative estimate of drug-likeness (QED) is 0.738. The molecule has 2 N–H and O–H groups in total. The van der Waals surface area contributed by atoms with E-state index in [0.29, 0.717) is 24.7 Å². The van der Waals surface area contributed by atoms with Crippen molar-refractivity contribution < 1.29 is 17.6 Å². The molecule has 144 valence electrons. The van der Waals surface area contributed by atoms with Gasteiger partial charge < -0.3 is 14.5 Å². The maximum atomic E-state index is 12.6. The minimum absolute atomic E-state index is 0. The van der Waals surface area contributed by atoms with Gasteiger partial charge in [0, 0.05) is 26.1 Å². The molecule has 2 heterocycles. The van der Waals surface area contributed by atoms with E-state index in [1.54, 1.807) is 44.6 Å². The van der Waals surface area contributed by atoms with E-state index in [0.717, 1.165) is 24.9 Å². The monoisotopic (exact) mass is 401 g/mol. The van der Waals surface area contributed by atoms with Gasteiger partial charge in [0.15, 0.2) is 5.89 Å². The van der Waals surface area contributed by atoms with Crippen molar-refractivity contribution in [3.8, 4) is 11.3 Å². The van der Waals surface area contributed by atoms with E-state index < -0.39 is 10.0 Å². The fraction of sp³-hybridized carbons (Fsp3) is 0.471. The van der Waals surface area contributed by atoms with Crippen LogP contribution in [-0.4, -0.2) is 45.7 Å². The van der Waals surface area contributed by atoms with E-state index in [1.165, 1.54) is 0 Å². The average molecular weight is 402 g/mol. The number of hydrogen-bond donors (Lipinski definition) is 2. The lowest BCUT2D eigenvalue weighted by molar-refractivity contribution is 0.122. The summed E-state index contributed by atoms with van der Waals surface area (Å²) in [5, 5.41) is 3.36. The maximum Gasteiger partial charge on any atom is 0.240 e. The van der Waals surface area contributed by atoms with Gasteiger partial charge in [-0.1, -0.05) is 12.1 Å². The Morgan fingerprint density at radius 3 is 2.62 bits per heavy atom. The minimum Gasteiger partial charge on any atom is -0.449 e. The first-order valence-corrected chi connectivity index (χ1v) is 9.69. The highest BCUT2D eigenvalue weighted by molar-refractivity contribution is 7.89. The molecule has 0 spiro atoms. The Morgan fingerprint density at radius 2 is 2.08 bits per heavy atom. The Morgan fingerprint density at radius 1 is 1.35 bits per heavy atom. The number of sulfonamides is 1. The van der Waals surface area contributed by atoms with E-state index in [9.17, 15) is 8.42 Å². The van der Waals surface area contributed by atoms with Crippen molar-refractivity contribution >= 4 is 22.4 Å². The van der Waals surface area contributed by atoms with Crippen LogP contribution >= 0.6 is 12.4 Å². The fourth-order valence-corrected chi connectivity index (χ4v) is 4.21. The summed E-state index contributed by atoms with van der Waals surface area (Å²) < 4.78 is 38.3. The van der Waals surface area contributed by atoms with Crippen LogP contribution in [-0.2, 0) is 14.8 Å². The van der Waals surface area contributed by atoms with E-state index in [2.05, 4.69) is 15.0 Å². The smallest absolute Gasteiger partial charge is 0.240 e. The zero-order valence-electron chi connectivity index (χ0n) is 14.8. The zero-order valence-corrected chi connectivity index (χ0v) is 16.5. The Labute approximate surface area is 160 Å². The van der Waals surface area contributed by atoms with Crippen molar-refractivity contribution in [2.45, 2.75) is 30.2 Å². The molecule has 0 radical (unpaired) electrons. The van der Waals surface area contributed by atoms with E-state index in [4.69, 9.17) is 9.15 Å². The van der Waals surface area contributed by atoms with Crippen LogP contribution in [0.1, 0.15) is 18.7 Å². The van der Waals surface area contributed by atoms with Crippen LogP contribution in [0.4, 0.5) is 0 Å². The van der Waals surface area contributed by atoms with Crippen molar-refractivity contribution in [3.63, 3.8) is 0 Å². The van der Waals surface area contributed by atoms with Gasteiger partial charge in [-0.25, -0.2) is 18.1 Å². The topological polar surface area (TPSA) is 93.5 Å². The molecule has 2 aromatic rings. The number of halogens is 1. The van der Waals surface area contributed by atoms with Gasteiger partial charge in [0.05, 0.1) is 17.0 Å². The Kier molecular flexibility index (Phi) is 6.81. The lowest BCUT2D eigenvalue weighted by atomic mass is 9.99. The standard InChI is InChI=1S/C17H23N3O4S.ClH/c1-13-20-16(10-24-13)14-4-6-15(7-5-14)25(21,22)19-11-17(12-23-2)8-3-9-18-17;/h4-7,10,18-19H,3,8-9,11-12H2,1-2H3;1H. The SMILES string of the molecule is COCC1(CNS(=O)(=O)c2ccc(-c3coc(C)n3)cc2)CCCN1.Cl. The molecule has 1 unspecified atom stereocenters. The van der Waals surface area contributed by atoms with Crippen molar-refractivity contribution in [1.29, 1.82) is 0 Å². The fourth-order valence-electron chi connectivity index (χ4n) is 3.09. The summed E-state index contributed by atoms with van der Waals surface area (Å²) >= 11 is 0. The van der Waals surface area contributed by atoms with Crippen LogP contribution in [0.5, 0.6) is 0 Å². The Bertz CT molecular complexity index is 815. The number of hydrogen-bond acceptors (Lipinski definition) is 6. The summed E-state index contributed by atoms with van der Waals surface area (Å²) in [4.78, 5) is 4.46. The molecular weight excluding hydrogens is 378 g/mol. The predicted octanol–water partition coefficient (Wildman–Crippen LogP) is 2.12. The second kappa shape index (κ2) is 8.49. The highest BCUT2D eigenvalue weighted by Crippen LogP contribution is 2.22. The lowest BCUT2D eigenvalue weighted by Gasteiger charge is -2.28. The number of rotatable bonds is 7. The van der Waals surface area contributed by atoms with Gasteiger partial charge in [0.25, 0.3) is 0 Å². The summed E-state index contributed by atoms with van der Waals surface area (Å²) in [7, 11) is -1.96. The molecule has 0 bridgehead atoms. The third-order valence-electron chi connectivity index (χ3n) is 4.43. The van der Waals surface area contributed by atoms with Gasteiger partial charge in [-0.2, -0.15) is 0 Å². The zero-order chi connectivity index (χ0) is 17.9. The van der Waals surface area contributed by atoms with Gasteiger partial charge in [-0.3, -0.25) is 0 Å². The van der Waals surface area contributed by atoms with E-state index in [-0.39, 0.29) is 22.8 Å². The Balaban J connectivity index is 0.00000243. The molecule has 3 rings (SSSR count). The first kappa shape index (κ1) is 20.9. The van der Waals surface area contributed by atoms with Crippen molar-refractivity contribution in [2.75, 3.05) is 26.8 Å². The molecule has 0 amide bonds. The Hall–Kier alpha value is -1.45. The van der Waals surface area contributed by atoms with Crippen LogP contribution < -0.4 is 10.0 Å². The second-order valence-electron chi connectivity index (χ2n) is 6.34. The number of oxazole rings is 1. The summed E-state index contributed by atoms with van der Waals surface area (Å²) in [6.07, 6.45) is 3.45. The molecule has 1 aliphatic heterocycles. The third kappa shape index (κ3) is 4.63. The first-order chi connectivity index (χ1) is 11.9. The van der Waals surface area contributed by atoms with Crippen LogP contribution in [0, 0.1) is 6.92 Å². The van der Waals surface area contributed by atoms with Gasteiger partial charge in [-0.05, 0) is 31.5 Å². The number of benzene rings is 1. The van der Waals surface area contributed by atoms with Gasteiger partial charge >= 0.3 is 0 Å².